The number of benzene rings is 2. The number of hydrogen-bond donors (Lipinski definition) is 2. The minimum atomic E-state index is -0.632. The van der Waals surface area contributed by atoms with Crippen molar-refractivity contribution in [3.8, 4) is 11.5 Å². The third-order valence-corrected chi connectivity index (χ3v) is 5.06. The third kappa shape index (κ3) is 7.57. The van der Waals surface area contributed by atoms with Gasteiger partial charge in [0.2, 0.25) is 11.8 Å². The lowest BCUT2D eigenvalue weighted by molar-refractivity contribution is -0.130. The van der Waals surface area contributed by atoms with Crippen LogP contribution in [0.3, 0.4) is 0 Å². The molecule has 32 heavy (non-hydrogen) atoms. The van der Waals surface area contributed by atoms with Crippen molar-refractivity contribution in [1.82, 2.24) is 10.6 Å². The van der Waals surface area contributed by atoms with E-state index in [1.807, 2.05) is 69.3 Å². The van der Waals surface area contributed by atoms with Crippen LogP contribution in [0, 0.1) is 5.92 Å². The summed E-state index contributed by atoms with van der Waals surface area (Å²) >= 11 is 0. The summed E-state index contributed by atoms with van der Waals surface area (Å²) in [4.78, 5) is 25.4. The molecule has 0 saturated carbocycles. The molecule has 2 aromatic carbocycles. The number of rotatable bonds is 12. The first kappa shape index (κ1) is 25.2. The molecule has 0 aliphatic heterocycles. The Morgan fingerprint density at radius 1 is 0.906 bits per heavy atom. The zero-order valence-corrected chi connectivity index (χ0v) is 19.5. The van der Waals surface area contributed by atoms with E-state index in [1.165, 1.54) is 0 Å². The lowest BCUT2D eigenvalue weighted by atomic mass is 10.0. The first-order valence-electron chi connectivity index (χ1n) is 10.8. The minimum absolute atomic E-state index is 0.0620. The van der Waals surface area contributed by atoms with Crippen LogP contribution >= 0.6 is 0 Å². The molecule has 0 aromatic heterocycles. The van der Waals surface area contributed by atoms with E-state index in [1.54, 1.807) is 14.2 Å². The Bertz CT molecular complexity index is 870. The zero-order valence-electron chi connectivity index (χ0n) is 19.5. The molecule has 0 bridgehead atoms. The number of carbonyl (C=O) groups excluding carboxylic acids is 2. The maximum absolute atomic E-state index is 13.0. The van der Waals surface area contributed by atoms with Crippen molar-refractivity contribution in [2.75, 3.05) is 27.4 Å². The van der Waals surface area contributed by atoms with Crippen molar-refractivity contribution in [1.29, 1.82) is 0 Å². The molecule has 0 saturated heterocycles. The molecular formula is C25H34N2O5. The summed E-state index contributed by atoms with van der Waals surface area (Å²) in [5, 5.41) is 5.87. The Morgan fingerprint density at radius 3 is 2.25 bits per heavy atom. The van der Waals surface area contributed by atoms with Crippen LogP contribution in [0.25, 0.3) is 0 Å². The molecule has 7 heteroatoms. The molecule has 0 fully saturated rings. The second-order valence-electron chi connectivity index (χ2n) is 7.93. The number of amides is 2. The molecule has 174 valence electrons. The summed E-state index contributed by atoms with van der Waals surface area (Å²) in [7, 11) is 3.19. The van der Waals surface area contributed by atoms with Crippen LogP contribution < -0.4 is 20.1 Å². The molecule has 2 atom stereocenters. The molecule has 0 spiro atoms. The van der Waals surface area contributed by atoms with E-state index in [0.717, 1.165) is 11.1 Å². The van der Waals surface area contributed by atoms with Crippen molar-refractivity contribution >= 4 is 11.8 Å². The van der Waals surface area contributed by atoms with E-state index >= 15 is 0 Å². The number of carbonyl (C=O) groups is 2. The Labute approximate surface area is 190 Å². The number of nitrogens with one attached hydrogen (secondary N) is 2. The van der Waals surface area contributed by atoms with Gasteiger partial charge in [-0.2, -0.15) is 0 Å². The first-order valence-corrected chi connectivity index (χ1v) is 10.8. The summed E-state index contributed by atoms with van der Waals surface area (Å²) < 4.78 is 16.1. The van der Waals surface area contributed by atoms with Crippen molar-refractivity contribution in [2.45, 2.75) is 39.3 Å². The molecule has 2 amide bonds. The Morgan fingerprint density at radius 2 is 1.62 bits per heavy atom. The second kappa shape index (κ2) is 12.7. The molecule has 0 radical (unpaired) electrons. The quantitative estimate of drug-likeness (QED) is 0.493. The number of hydrogen-bond acceptors (Lipinski definition) is 5. The molecule has 7 nitrogen and oxygen atoms in total. The van der Waals surface area contributed by atoms with Gasteiger partial charge in [-0.3, -0.25) is 9.59 Å². The first-order chi connectivity index (χ1) is 15.3. The van der Waals surface area contributed by atoms with E-state index < -0.39 is 6.04 Å². The molecule has 2 unspecified atom stereocenters. The van der Waals surface area contributed by atoms with Gasteiger partial charge in [-0.1, -0.05) is 50.2 Å². The Hall–Kier alpha value is -3.06. The highest BCUT2D eigenvalue weighted by Crippen LogP contribution is 2.30. The van der Waals surface area contributed by atoms with E-state index in [4.69, 9.17) is 14.2 Å². The van der Waals surface area contributed by atoms with E-state index in [0.29, 0.717) is 24.7 Å². The van der Waals surface area contributed by atoms with Crippen LogP contribution in [0.15, 0.2) is 48.5 Å². The highest BCUT2D eigenvalue weighted by atomic mass is 16.5. The molecule has 2 N–H and O–H groups in total. The molecular weight excluding hydrogens is 408 g/mol. The SMILES string of the molecule is COCCOc1ccc(C(C)NC(=O)C(NC(=O)Cc2ccccc2)C(C)C)cc1OC. The maximum atomic E-state index is 13.0. The standard InChI is InChI=1S/C25H34N2O5/c1-17(2)24(27-23(28)15-19-9-7-6-8-10-19)25(29)26-18(3)20-11-12-21(22(16-20)31-5)32-14-13-30-4/h6-12,16-18,24H,13-15H2,1-5H3,(H,26,29)(H,27,28). The second-order valence-corrected chi connectivity index (χ2v) is 7.93. The third-order valence-electron chi connectivity index (χ3n) is 5.06. The van der Waals surface area contributed by atoms with Crippen molar-refractivity contribution in [2.24, 2.45) is 5.92 Å². The lowest BCUT2D eigenvalue weighted by Gasteiger charge is -2.24. The summed E-state index contributed by atoms with van der Waals surface area (Å²) in [5.74, 6) is 0.717. The Balaban J connectivity index is 2.02. The Kier molecular flexibility index (Phi) is 10.0. The van der Waals surface area contributed by atoms with Crippen molar-refractivity contribution < 1.29 is 23.8 Å². The molecule has 2 aromatic rings. The maximum Gasteiger partial charge on any atom is 0.243 e. The molecule has 2 rings (SSSR count). The minimum Gasteiger partial charge on any atom is -0.493 e. The van der Waals surface area contributed by atoms with Crippen LogP contribution in [0.5, 0.6) is 11.5 Å². The van der Waals surface area contributed by atoms with Gasteiger partial charge < -0.3 is 24.8 Å². The van der Waals surface area contributed by atoms with Gasteiger partial charge in [0.15, 0.2) is 11.5 Å². The smallest absolute Gasteiger partial charge is 0.243 e. The van der Waals surface area contributed by atoms with Gasteiger partial charge in [-0.05, 0) is 36.1 Å². The molecule has 0 aliphatic carbocycles. The van der Waals surface area contributed by atoms with Crippen LogP contribution in [0.4, 0.5) is 0 Å². The average molecular weight is 443 g/mol. The molecule has 0 aliphatic rings. The van der Waals surface area contributed by atoms with Crippen LogP contribution in [0.1, 0.15) is 37.9 Å². The van der Waals surface area contributed by atoms with Crippen LogP contribution in [-0.4, -0.2) is 45.3 Å². The van der Waals surface area contributed by atoms with Crippen molar-refractivity contribution in [3.05, 3.63) is 59.7 Å². The largest absolute Gasteiger partial charge is 0.493 e. The number of ether oxygens (including phenoxy) is 3. The average Bonchev–Trinajstić information content (AvgIpc) is 2.78. The predicted molar refractivity (Wildman–Crippen MR) is 124 cm³/mol. The highest BCUT2D eigenvalue weighted by molar-refractivity contribution is 5.88. The van der Waals surface area contributed by atoms with Crippen molar-refractivity contribution in [3.63, 3.8) is 0 Å². The zero-order chi connectivity index (χ0) is 23.5. The fraction of sp³-hybridized carbons (Fsp3) is 0.440. The monoisotopic (exact) mass is 442 g/mol. The van der Waals surface area contributed by atoms with E-state index in [9.17, 15) is 9.59 Å². The van der Waals surface area contributed by atoms with Crippen LogP contribution in [-0.2, 0) is 20.7 Å². The van der Waals surface area contributed by atoms with Gasteiger partial charge >= 0.3 is 0 Å². The number of methoxy groups -OCH3 is 2. The lowest BCUT2D eigenvalue weighted by Crippen LogP contribution is -2.50. The highest BCUT2D eigenvalue weighted by Gasteiger charge is 2.26. The van der Waals surface area contributed by atoms with Crippen LogP contribution in [0.2, 0.25) is 0 Å². The summed E-state index contributed by atoms with van der Waals surface area (Å²) in [6.07, 6.45) is 0.231. The van der Waals surface area contributed by atoms with Gasteiger partial charge in [-0.25, -0.2) is 0 Å². The summed E-state index contributed by atoms with van der Waals surface area (Å²) in [5.41, 5.74) is 1.77. The summed E-state index contributed by atoms with van der Waals surface area (Å²) in [6, 6.07) is 14.1. The normalized spacial score (nSPS) is 12.7. The van der Waals surface area contributed by atoms with E-state index in [-0.39, 0.29) is 30.2 Å². The molecule has 0 heterocycles. The van der Waals surface area contributed by atoms with Gasteiger partial charge in [0, 0.05) is 7.11 Å². The van der Waals surface area contributed by atoms with Gasteiger partial charge in [0.1, 0.15) is 12.6 Å². The fourth-order valence-electron chi connectivity index (χ4n) is 3.23. The predicted octanol–water partition coefficient (Wildman–Crippen LogP) is 3.28. The topological polar surface area (TPSA) is 85.9 Å². The van der Waals surface area contributed by atoms with E-state index in [2.05, 4.69) is 10.6 Å². The summed E-state index contributed by atoms with van der Waals surface area (Å²) in [6.45, 7) is 6.60. The van der Waals surface area contributed by atoms with Gasteiger partial charge in [0.05, 0.1) is 26.2 Å². The fourth-order valence-corrected chi connectivity index (χ4v) is 3.23. The van der Waals surface area contributed by atoms with Gasteiger partial charge in [-0.15, -0.1) is 0 Å². The van der Waals surface area contributed by atoms with Gasteiger partial charge in [0.25, 0.3) is 0 Å².